The van der Waals surface area contributed by atoms with Gasteiger partial charge in [0.25, 0.3) is 0 Å². The van der Waals surface area contributed by atoms with Crippen LogP contribution in [-0.4, -0.2) is 23.4 Å². The van der Waals surface area contributed by atoms with Crippen molar-refractivity contribution in [3.8, 4) is 0 Å². The van der Waals surface area contributed by atoms with Crippen LogP contribution in [0.4, 0.5) is 0 Å². The van der Waals surface area contributed by atoms with E-state index >= 15 is 0 Å². The smallest absolute Gasteiger partial charge is 0.149 e. The fraction of sp³-hybridized carbons (Fsp3) is 0.750. The van der Waals surface area contributed by atoms with Gasteiger partial charge in [0.2, 0.25) is 0 Å². The van der Waals surface area contributed by atoms with E-state index in [1.54, 1.807) is 0 Å². The lowest BCUT2D eigenvalue weighted by molar-refractivity contribution is -0.0637. The van der Waals surface area contributed by atoms with Gasteiger partial charge in [-0.05, 0) is 26.2 Å². The van der Waals surface area contributed by atoms with Gasteiger partial charge in [0.15, 0.2) is 0 Å². The van der Waals surface area contributed by atoms with Crippen LogP contribution in [0.2, 0.25) is 0 Å². The molecule has 0 aromatic rings. The Hall–Kier alpha value is -0.123. The van der Waals surface area contributed by atoms with Crippen molar-refractivity contribution in [3.05, 3.63) is 12.7 Å². The minimum atomic E-state index is -0.00889. The zero-order valence-electron chi connectivity index (χ0n) is 7.51. The molecule has 66 valence electrons. The Bertz CT molecular complexity index is 96.1. The quantitative estimate of drug-likeness (QED) is 0.248. The standard InChI is InChI=1S/C8H18O2Si/c1-3-4-5-6-7-9-8(2)10-11/h3,8H,1,4-7H2,2,11H3. The van der Waals surface area contributed by atoms with Crippen molar-refractivity contribution >= 4 is 10.5 Å². The van der Waals surface area contributed by atoms with Crippen LogP contribution in [0.5, 0.6) is 0 Å². The first-order chi connectivity index (χ1) is 5.31. The number of ether oxygens (including phenoxy) is 1. The summed E-state index contributed by atoms with van der Waals surface area (Å²) in [7, 11) is 0.752. The van der Waals surface area contributed by atoms with Gasteiger partial charge in [0.05, 0.1) is 0 Å². The lowest BCUT2D eigenvalue weighted by Crippen LogP contribution is -2.11. The summed E-state index contributed by atoms with van der Waals surface area (Å²) in [5.41, 5.74) is 0. The molecule has 0 rings (SSSR count). The molecule has 0 aromatic heterocycles. The summed E-state index contributed by atoms with van der Waals surface area (Å²) < 4.78 is 10.4. The molecule has 11 heavy (non-hydrogen) atoms. The summed E-state index contributed by atoms with van der Waals surface area (Å²) in [5.74, 6) is 0. The molecular formula is C8H18O2Si. The molecule has 0 aromatic carbocycles. The van der Waals surface area contributed by atoms with Crippen molar-refractivity contribution in [2.45, 2.75) is 32.5 Å². The number of hydrogen-bond donors (Lipinski definition) is 0. The Morgan fingerprint density at radius 2 is 2.27 bits per heavy atom. The summed E-state index contributed by atoms with van der Waals surface area (Å²) in [4.78, 5) is 0. The van der Waals surface area contributed by atoms with Crippen LogP contribution in [-0.2, 0) is 9.16 Å². The molecule has 0 radical (unpaired) electrons. The van der Waals surface area contributed by atoms with Gasteiger partial charge < -0.3 is 9.16 Å². The van der Waals surface area contributed by atoms with Crippen molar-refractivity contribution in [1.82, 2.24) is 0 Å². The van der Waals surface area contributed by atoms with Crippen molar-refractivity contribution in [3.63, 3.8) is 0 Å². The minimum Gasteiger partial charge on any atom is -0.404 e. The molecule has 2 nitrogen and oxygen atoms in total. The molecule has 0 fully saturated rings. The Morgan fingerprint density at radius 3 is 2.82 bits per heavy atom. The average Bonchev–Trinajstić information content (AvgIpc) is 2.04. The number of unbranched alkanes of at least 4 members (excludes halogenated alkanes) is 2. The van der Waals surface area contributed by atoms with Crippen LogP contribution in [0.25, 0.3) is 0 Å². The molecule has 0 heterocycles. The van der Waals surface area contributed by atoms with E-state index in [0.717, 1.165) is 36.4 Å². The summed E-state index contributed by atoms with van der Waals surface area (Å²) in [6, 6.07) is 0. The highest BCUT2D eigenvalue weighted by Crippen LogP contribution is 1.98. The fourth-order valence-corrected chi connectivity index (χ4v) is 0.844. The topological polar surface area (TPSA) is 18.5 Å². The Balaban J connectivity index is 2.95. The van der Waals surface area contributed by atoms with Crippen LogP contribution in [0.3, 0.4) is 0 Å². The van der Waals surface area contributed by atoms with E-state index in [4.69, 9.17) is 9.16 Å². The molecule has 0 bridgehead atoms. The molecule has 3 heteroatoms. The summed E-state index contributed by atoms with van der Waals surface area (Å²) in [6.07, 6.45) is 5.27. The van der Waals surface area contributed by atoms with Crippen molar-refractivity contribution in [2.75, 3.05) is 6.61 Å². The molecule has 0 saturated carbocycles. The van der Waals surface area contributed by atoms with E-state index in [1.807, 2.05) is 13.0 Å². The largest absolute Gasteiger partial charge is 0.404 e. The summed E-state index contributed by atoms with van der Waals surface area (Å²) in [6.45, 7) is 6.38. The van der Waals surface area contributed by atoms with Gasteiger partial charge in [-0.15, -0.1) is 6.58 Å². The van der Waals surface area contributed by atoms with Gasteiger partial charge in [-0.3, -0.25) is 0 Å². The van der Waals surface area contributed by atoms with Gasteiger partial charge in [0, 0.05) is 6.61 Å². The SMILES string of the molecule is C=CCCCCOC(C)O[SiH3]. The van der Waals surface area contributed by atoms with Gasteiger partial charge in [-0.2, -0.15) is 0 Å². The van der Waals surface area contributed by atoms with Gasteiger partial charge >= 0.3 is 0 Å². The van der Waals surface area contributed by atoms with Crippen molar-refractivity contribution in [2.24, 2.45) is 0 Å². The molecule has 0 N–H and O–H groups in total. The third-order valence-electron chi connectivity index (χ3n) is 1.49. The highest BCUT2D eigenvalue weighted by Gasteiger charge is 1.95. The summed E-state index contributed by atoms with van der Waals surface area (Å²) in [5, 5.41) is 0. The van der Waals surface area contributed by atoms with Crippen LogP contribution in [0.1, 0.15) is 26.2 Å². The maximum Gasteiger partial charge on any atom is 0.149 e. The van der Waals surface area contributed by atoms with Gasteiger partial charge in [0.1, 0.15) is 16.8 Å². The number of rotatable bonds is 7. The first kappa shape index (κ1) is 10.9. The number of allylic oxidation sites excluding steroid dienone is 1. The second-order valence-electron chi connectivity index (χ2n) is 2.46. The summed E-state index contributed by atoms with van der Waals surface area (Å²) >= 11 is 0. The lowest BCUT2D eigenvalue weighted by atomic mass is 10.2. The molecule has 1 unspecified atom stereocenters. The molecule has 1 atom stereocenters. The molecule has 0 aliphatic carbocycles. The first-order valence-corrected chi connectivity index (χ1v) is 4.88. The minimum absolute atomic E-state index is 0.00889. The second-order valence-corrected chi connectivity index (χ2v) is 2.93. The Morgan fingerprint density at radius 1 is 1.55 bits per heavy atom. The fourth-order valence-electron chi connectivity index (χ4n) is 0.708. The number of hydrogen-bond acceptors (Lipinski definition) is 2. The van der Waals surface area contributed by atoms with Crippen LogP contribution in [0, 0.1) is 0 Å². The van der Waals surface area contributed by atoms with E-state index in [9.17, 15) is 0 Å². The van der Waals surface area contributed by atoms with E-state index in [2.05, 4.69) is 6.58 Å². The monoisotopic (exact) mass is 174 g/mol. The van der Waals surface area contributed by atoms with Crippen molar-refractivity contribution < 1.29 is 9.16 Å². The first-order valence-electron chi connectivity index (χ1n) is 4.06. The predicted octanol–water partition coefficient (Wildman–Crippen LogP) is 1.00. The van der Waals surface area contributed by atoms with Crippen LogP contribution >= 0.6 is 0 Å². The second kappa shape index (κ2) is 7.98. The van der Waals surface area contributed by atoms with E-state index in [-0.39, 0.29) is 6.29 Å². The van der Waals surface area contributed by atoms with E-state index < -0.39 is 0 Å². The average molecular weight is 174 g/mol. The van der Waals surface area contributed by atoms with Crippen LogP contribution in [0.15, 0.2) is 12.7 Å². The zero-order valence-corrected chi connectivity index (χ0v) is 9.51. The van der Waals surface area contributed by atoms with Crippen molar-refractivity contribution in [1.29, 1.82) is 0 Å². The molecular weight excluding hydrogens is 156 g/mol. The van der Waals surface area contributed by atoms with E-state index in [0.29, 0.717) is 0 Å². The third-order valence-corrected chi connectivity index (χ3v) is 2.15. The van der Waals surface area contributed by atoms with Gasteiger partial charge in [-0.25, -0.2) is 0 Å². The van der Waals surface area contributed by atoms with Gasteiger partial charge in [-0.1, -0.05) is 6.08 Å². The normalized spacial score (nSPS) is 13.2. The maximum absolute atomic E-state index is 5.32. The molecule has 0 amide bonds. The molecule has 0 spiro atoms. The maximum atomic E-state index is 5.32. The molecule has 0 aliphatic heterocycles. The van der Waals surface area contributed by atoms with E-state index in [1.165, 1.54) is 0 Å². The predicted molar refractivity (Wildman–Crippen MR) is 50.5 cm³/mol. The zero-order chi connectivity index (χ0) is 8.53. The third kappa shape index (κ3) is 7.78. The Kier molecular flexibility index (Phi) is 7.89. The molecule has 0 saturated heterocycles. The molecule has 0 aliphatic rings. The highest BCUT2D eigenvalue weighted by molar-refractivity contribution is 5.98. The van der Waals surface area contributed by atoms with Crippen LogP contribution < -0.4 is 0 Å². The highest BCUT2D eigenvalue weighted by atomic mass is 28.2. The lowest BCUT2D eigenvalue weighted by Gasteiger charge is -2.10. The Labute approximate surface area is 72.1 Å².